The zero-order valence-electron chi connectivity index (χ0n) is 13.9. The van der Waals surface area contributed by atoms with Crippen LogP contribution in [0.2, 0.25) is 0 Å². The van der Waals surface area contributed by atoms with E-state index in [1.807, 2.05) is 54.8 Å². The summed E-state index contributed by atoms with van der Waals surface area (Å²) in [7, 11) is 0. The lowest BCUT2D eigenvalue weighted by Gasteiger charge is -2.19. The molecule has 0 bridgehead atoms. The van der Waals surface area contributed by atoms with Gasteiger partial charge < -0.3 is 10.2 Å². The van der Waals surface area contributed by atoms with Crippen molar-refractivity contribution in [2.45, 2.75) is 20.4 Å². The van der Waals surface area contributed by atoms with Crippen LogP contribution in [0.3, 0.4) is 0 Å². The second kappa shape index (κ2) is 7.12. The highest BCUT2D eigenvalue weighted by atomic mass is 16.2. The van der Waals surface area contributed by atoms with Crippen LogP contribution < -0.4 is 5.32 Å². The van der Waals surface area contributed by atoms with E-state index in [2.05, 4.69) is 15.3 Å². The molecular formula is C18H21N5O. The summed E-state index contributed by atoms with van der Waals surface area (Å²) in [6, 6.07) is 11.7. The van der Waals surface area contributed by atoms with E-state index < -0.39 is 0 Å². The molecule has 0 saturated carbocycles. The number of hydrogen-bond acceptors (Lipinski definition) is 3. The number of hydrogen-bond donors (Lipinski definition) is 1. The molecular weight excluding hydrogens is 302 g/mol. The summed E-state index contributed by atoms with van der Waals surface area (Å²) < 4.78 is 1.95. The lowest BCUT2D eigenvalue weighted by atomic mass is 10.2. The summed E-state index contributed by atoms with van der Waals surface area (Å²) in [6.07, 6.45) is 3.52. The molecule has 0 atom stereocenters. The number of nitrogens with one attached hydrogen (secondary N) is 1. The van der Waals surface area contributed by atoms with Gasteiger partial charge in [0.15, 0.2) is 0 Å². The standard InChI is InChI=1S/C18H21N5O/c1-3-22(4-2)18(24)20-12-14-8-7-11-19-17(14)23-13-21-15-9-5-6-10-16(15)23/h5-11,13H,3-4,12H2,1-2H3,(H,20,24). The third-order valence-electron chi connectivity index (χ3n) is 4.03. The summed E-state index contributed by atoms with van der Waals surface area (Å²) in [5, 5.41) is 2.96. The van der Waals surface area contributed by atoms with Gasteiger partial charge in [0.1, 0.15) is 12.1 Å². The van der Waals surface area contributed by atoms with Gasteiger partial charge in [-0.25, -0.2) is 14.8 Å². The Balaban J connectivity index is 1.87. The van der Waals surface area contributed by atoms with Gasteiger partial charge in [-0.1, -0.05) is 18.2 Å². The number of fused-ring (bicyclic) bond motifs is 1. The summed E-state index contributed by atoms with van der Waals surface area (Å²) in [5.41, 5.74) is 2.86. The Kier molecular flexibility index (Phi) is 4.74. The number of aromatic nitrogens is 3. The van der Waals surface area contributed by atoms with Crippen molar-refractivity contribution in [3.63, 3.8) is 0 Å². The van der Waals surface area contributed by atoms with Gasteiger partial charge in [-0.15, -0.1) is 0 Å². The van der Waals surface area contributed by atoms with Crippen molar-refractivity contribution in [3.8, 4) is 5.82 Å². The second-order valence-electron chi connectivity index (χ2n) is 5.42. The van der Waals surface area contributed by atoms with Gasteiger partial charge in [0.05, 0.1) is 11.0 Å². The van der Waals surface area contributed by atoms with Crippen molar-refractivity contribution in [2.75, 3.05) is 13.1 Å². The van der Waals surface area contributed by atoms with Crippen LogP contribution in [0.4, 0.5) is 4.79 Å². The van der Waals surface area contributed by atoms with E-state index in [1.165, 1.54) is 0 Å². The number of pyridine rings is 1. The Morgan fingerprint density at radius 1 is 1.12 bits per heavy atom. The van der Waals surface area contributed by atoms with E-state index in [9.17, 15) is 4.79 Å². The molecule has 0 aliphatic carbocycles. The van der Waals surface area contributed by atoms with Crippen LogP contribution in [0, 0.1) is 0 Å². The Morgan fingerprint density at radius 3 is 2.71 bits per heavy atom. The topological polar surface area (TPSA) is 63.1 Å². The molecule has 2 heterocycles. The molecule has 0 aliphatic rings. The molecule has 0 spiro atoms. The van der Waals surface area contributed by atoms with Gasteiger partial charge in [0.25, 0.3) is 0 Å². The minimum absolute atomic E-state index is 0.0645. The molecule has 0 aliphatic heterocycles. The Bertz CT molecular complexity index is 838. The quantitative estimate of drug-likeness (QED) is 0.785. The fourth-order valence-corrected chi connectivity index (χ4v) is 2.71. The maximum Gasteiger partial charge on any atom is 0.317 e. The highest BCUT2D eigenvalue weighted by Crippen LogP contribution is 2.19. The molecule has 3 aromatic rings. The Hall–Kier alpha value is -2.89. The van der Waals surface area contributed by atoms with E-state index in [4.69, 9.17) is 0 Å². The minimum atomic E-state index is -0.0645. The number of carbonyl (C=O) groups excluding carboxylic acids is 1. The van der Waals surface area contributed by atoms with Gasteiger partial charge in [-0.05, 0) is 32.0 Å². The van der Waals surface area contributed by atoms with Gasteiger partial charge >= 0.3 is 6.03 Å². The molecule has 124 valence electrons. The summed E-state index contributed by atoms with van der Waals surface area (Å²) >= 11 is 0. The average molecular weight is 323 g/mol. The van der Waals surface area contributed by atoms with E-state index >= 15 is 0 Å². The number of urea groups is 1. The van der Waals surface area contributed by atoms with Crippen molar-refractivity contribution in [1.29, 1.82) is 0 Å². The predicted octanol–water partition coefficient (Wildman–Crippen LogP) is 2.97. The number of imidazole rings is 1. The van der Waals surface area contributed by atoms with Crippen LogP contribution in [0.15, 0.2) is 48.9 Å². The lowest BCUT2D eigenvalue weighted by Crippen LogP contribution is -2.39. The molecule has 1 N–H and O–H groups in total. The molecule has 3 rings (SSSR count). The lowest BCUT2D eigenvalue weighted by molar-refractivity contribution is 0.203. The normalized spacial score (nSPS) is 10.8. The molecule has 24 heavy (non-hydrogen) atoms. The van der Waals surface area contributed by atoms with Crippen molar-refractivity contribution in [2.24, 2.45) is 0 Å². The highest BCUT2D eigenvalue weighted by Gasteiger charge is 2.12. The molecule has 0 fully saturated rings. The number of para-hydroxylation sites is 2. The summed E-state index contributed by atoms with van der Waals surface area (Å²) in [6.45, 7) is 5.74. The predicted molar refractivity (Wildman–Crippen MR) is 94.0 cm³/mol. The molecule has 0 unspecified atom stereocenters. The molecule has 1 aromatic carbocycles. The van der Waals surface area contributed by atoms with Crippen LogP contribution in [0.25, 0.3) is 16.9 Å². The molecule has 0 radical (unpaired) electrons. The number of benzene rings is 1. The number of nitrogens with zero attached hydrogens (tertiary/aromatic N) is 4. The van der Waals surface area contributed by atoms with Crippen molar-refractivity contribution in [1.82, 2.24) is 24.8 Å². The number of rotatable bonds is 5. The monoisotopic (exact) mass is 323 g/mol. The van der Waals surface area contributed by atoms with E-state index in [-0.39, 0.29) is 6.03 Å². The smallest absolute Gasteiger partial charge is 0.317 e. The third kappa shape index (κ3) is 3.08. The fourth-order valence-electron chi connectivity index (χ4n) is 2.71. The van der Waals surface area contributed by atoms with Crippen molar-refractivity contribution in [3.05, 3.63) is 54.5 Å². The molecule has 6 nitrogen and oxygen atoms in total. The Labute approximate surface area is 141 Å². The largest absolute Gasteiger partial charge is 0.334 e. The van der Waals surface area contributed by atoms with Gasteiger partial charge in [-0.3, -0.25) is 4.57 Å². The maximum absolute atomic E-state index is 12.2. The zero-order chi connectivity index (χ0) is 16.9. The van der Waals surface area contributed by atoms with Crippen LogP contribution in [-0.2, 0) is 6.54 Å². The van der Waals surface area contributed by atoms with E-state index in [0.717, 1.165) is 22.4 Å². The van der Waals surface area contributed by atoms with E-state index in [0.29, 0.717) is 19.6 Å². The maximum atomic E-state index is 12.2. The Morgan fingerprint density at radius 2 is 1.92 bits per heavy atom. The average Bonchev–Trinajstić information content (AvgIpc) is 3.05. The summed E-state index contributed by atoms with van der Waals surface area (Å²) in [5.74, 6) is 0.783. The first kappa shape index (κ1) is 16.0. The molecule has 0 saturated heterocycles. The van der Waals surface area contributed by atoms with Crippen molar-refractivity contribution >= 4 is 17.1 Å². The van der Waals surface area contributed by atoms with Crippen LogP contribution >= 0.6 is 0 Å². The number of amides is 2. The number of carbonyl (C=O) groups is 1. The SMILES string of the molecule is CCN(CC)C(=O)NCc1cccnc1-n1cnc2ccccc21. The molecule has 2 amide bonds. The second-order valence-corrected chi connectivity index (χ2v) is 5.42. The van der Waals surface area contributed by atoms with Gasteiger partial charge in [0.2, 0.25) is 0 Å². The third-order valence-corrected chi connectivity index (χ3v) is 4.03. The fraction of sp³-hybridized carbons (Fsp3) is 0.278. The van der Waals surface area contributed by atoms with Gasteiger partial charge in [0, 0.05) is 31.4 Å². The first-order chi connectivity index (χ1) is 11.7. The van der Waals surface area contributed by atoms with Crippen molar-refractivity contribution < 1.29 is 4.79 Å². The van der Waals surface area contributed by atoms with Crippen LogP contribution in [-0.4, -0.2) is 38.6 Å². The minimum Gasteiger partial charge on any atom is -0.334 e. The first-order valence-corrected chi connectivity index (χ1v) is 8.13. The molecule has 6 heteroatoms. The van der Waals surface area contributed by atoms with E-state index in [1.54, 1.807) is 17.4 Å². The van der Waals surface area contributed by atoms with Crippen LogP contribution in [0.1, 0.15) is 19.4 Å². The molecule has 2 aromatic heterocycles. The first-order valence-electron chi connectivity index (χ1n) is 8.13. The highest BCUT2D eigenvalue weighted by molar-refractivity contribution is 5.77. The zero-order valence-corrected chi connectivity index (χ0v) is 13.9. The van der Waals surface area contributed by atoms with Crippen LogP contribution in [0.5, 0.6) is 0 Å². The van der Waals surface area contributed by atoms with Gasteiger partial charge in [-0.2, -0.15) is 0 Å². The summed E-state index contributed by atoms with van der Waals surface area (Å²) in [4.78, 5) is 22.8.